The summed E-state index contributed by atoms with van der Waals surface area (Å²) in [6, 6.07) is 14.9. The third kappa shape index (κ3) is 3.06. The van der Waals surface area contributed by atoms with Gasteiger partial charge in [-0.25, -0.2) is 4.98 Å². The average Bonchev–Trinajstić information content (AvgIpc) is 2.59. The second-order valence-electron chi connectivity index (χ2n) is 4.99. The van der Waals surface area contributed by atoms with Crippen LogP contribution < -0.4 is 10.1 Å². The third-order valence-corrected chi connectivity index (χ3v) is 3.58. The highest BCUT2D eigenvalue weighted by atomic mass is 16.6. The minimum absolute atomic E-state index is 0.0304. The first-order valence-corrected chi connectivity index (χ1v) is 7.08. The molecule has 0 radical (unpaired) electrons. The zero-order chi connectivity index (χ0) is 16.2. The lowest BCUT2D eigenvalue weighted by Gasteiger charge is -2.10. The molecule has 3 aromatic rings. The van der Waals surface area contributed by atoms with Crippen molar-refractivity contribution in [1.29, 1.82) is 0 Å². The molecule has 0 atom stereocenters. The molecule has 0 saturated carbocycles. The van der Waals surface area contributed by atoms with E-state index < -0.39 is 4.92 Å². The van der Waals surface area contributed by atoms with Crippen LogP contribution in [0.15, 0.2) is 54.7 Å². The topological polar surface area (TPSA) is 77.3 Å². The van der Waals surface area contributed by atoms with Crippen molar-refractivity contribution in [2.45, 2.75) is 6.54 Å². The van der Waals surface area contributed by atoms with Gasteiger partial charge in [0.2, 0.25) is 0 Å². The normalized spacial score (nSPS) is 10.5. The fraction of sp³-hybridized carbons (Fsp3) is 0.118. The Morgan fingerprint density at radius 2 is 1.91 bits per heavy atom. The van der Waals surface area contributed by atoms with Gasteiger partial charge >= 0.3 is 5.69 Å². The Morgan fingerprint density at radius 1 is 1.17 bits per heavy atom. The van der Waals surface area contributed by atoms with Gasteiger partial charge in [-0.3, -0.25) is 10.1 Å². The standard InChI is InChI=1S/C17H15N3O3/c1-23-13-8-6-12(7-9-13)10-19-17-14-4-2-3-5-15(14)18-11-16(17)20(21)22/h2-9,11H,10H2,1H3,(H,18,19). The molecule has 0 amide bonds. The van der Waals surface area contributed by atoms with Gasteiger partial charge in [0.1, 0.15) is 17.6 Å². The predicted octanol–water partition coefficient (Wildman–Crippen LogP) is 3.76. The lowest BCUT2D eigenvalue weighted by atomic mass is 10.1. The second-order valence-corrected chi connectivity index (χ2v) is 4.99. The number of anilines is 1. The molecule has 23 heavy (non-hydrogen) atoms. The summed E-state index contributed by atoms with van der Waals surface area (Å²) in [5.74, 6) is 0.772. The Labute approximate surface area is 132 Å². The summed E-state index contributed by atoms with van der Waals surface area (Å²) < 4.78 is 5.12. The van der Waals surface area contributed by atoms with Crippen LogP contribution in [0.2, 0.25) is 0 Å². The van der Waals surface area contributed by atoms with E-state index in [1.165, 1.54) is 6.20 Å². The number of methoxy groups -OCH3 is 1. The first kappa shape index (κ1) is 14.8. The maximum absolute atomic E-state index is 11.3. The van der Waals surface area contributed by atoms with Crippen molar-refractivity contribution in [1.82, 2.24) is 4.98 Å². The predicted molar refractivity (Wildman–Crippen MR) is 88.7 cm³/mol. The average molecular weight is 309 g/mol. The minimum atomic E-state index is -0.421. The summed E-state index contributed by atoms with van der Waals surface area (Å²) >= 11 is 0. The van der Waals surface area contributed by atoms with E-state index in [-0.39, 0.29) is 5.69 Å². The van der Waals surface area contributed by atoms with E-state index >= 15 is 0 Å². The smallest absolute Gasteiger partial charge is 0.311 e. The lowest BCUT2D eigenvalue weighted by Crippen LogP contribution is -2.04. The van der Waals surface area contributed by atoms with E-state index in [4.69, 9.17) is 4.74 Å². The Kier molecular flexibility index (Phi) is 4.05. The van der Waals surface area contributed by atoms with E-state index in [1.807, 2.05) is 48.5 Å². The van der Waals surface area contributed by atoms with E-state index in [0.717, 1.165) is 22.2 Å². The highest BCUT2D eigenvalue weighted by Crippen LogP contribution is 2.31. The summed E-state index contributed by atoms with van der Waals surface area (Å²) in [7, 11) is 1.61. The number of fused-ring (bicyclic) bond motifs is 1. The molecule has 0 aliphatic heterocycles. The van der Waals surface area contributed by atoms with E-state index in [1.54, 1.807) is 7.11 Å². The van der Waals surface area contributed by atoms with Crippen molar-refractivity contribution in [3.8, 4) is 5.75 Å². The van der Waals surface area contributed by atoms with Crippen LogP contribution in [0.1, 0.15) is 5.56 Å². The number of nitrogens with zero attached hydrogens (tertiary/aromatic N) is 2. The van der Waals surface area contributed by atoms with Crippen molar-refractivity contribution in [2.75, 3.05) is 12.4 Å². The highest BCUT2D eigenvalue weighted by molar-refractivity contribution is 5.95. The first-order valence-electron chi connectivity index (χ1n) is 7.08. The first-order chi connectivity index (χ1) is 11.2. The zero-order valence-electron chi connectivity index (χ0n) is 12.5. The van der Waals surface area contributed by atoms with Gasteiger partial charge in [-0.05, 0) is 23.8 Å². The summed E-state index contributed by atoms with van der Waals surface area (Å²) in [4.78, 5) is 15.0. The number of pyridine rings is 1. The maximum Gasteiger partial charge on any atom is 0.311 e. The fourth-order valence-electron chi connectivity index (χ4n) is 2.39. The molecule has 6 nitrogen and oxygen atoms in total. The SMILES string of the molecule is COc1ccc(CNc2c([N+](=O)[O-])cnc3ccccc23)cc1. The Bertz CT molecular complexity index is 847. The molecule has 1 aromatic heterocycles. The van der Waals surface area contributed by atoms with Gasteiger partial charge in [0.15, 0.2) is 0 Å². The number of ether oxygens (including phenoxy) is 1. The largest absolute Gasteiger partial charge is 0.497 e. The van der Waals surface area contributed by atoms with Gasteiger partial charge in [-0.2, -0.15) is 0 Å². The molecule has 2 aromatic carbocycles. The number of aromatic nitrogens is 1. The molecule has 116 valence electrons. The molecule has 3 rings (SSSR count). The number of hydrogen-bond acceptors (Lipinski definition) is 5. The molecule has 0 bridgehead atoms. The van der Waals surface area contributed by atoms with Crippen LogP contribution in [0, 0.1) is 10.1 Å². The number of para-hydroxylation sites is 1. The number of benzene rings is 2. The second kappa shape index (κ2) is 6.31. The van der Waals surface area contributed by atoms with Gasteiger partial charge in [-0.1, -0.05) is 30.3 Å². The van der Waals surface area contributed by atoms with Crippen molar-refractivity contribution < 1.29 is 9.66 Å². The molecule has 0 fully saturated rings. The van der Waals surface area contributed by atoms with Gasteiger partial charge in [-0.15, -0.1) is 0 Å². The van der Waals surface area contributed by atoms with E-state index in [0.29, 0.717) is 12.2 Å². The molecule has 1 N–H and O–H groups in total. The van der Waals surface area contributed by atoms with E-state index in [9.17, 15) is 10.1 Å². The molecule has 0 aliphatic rings. The fourth-order valence-corrected chi connectivity index (χ4v) is 2.39. The maximum atomic E-state index is 11.3. The summed E-state index contributed by atoms with van der Waals surface area (Å²) in [6.45, 7) is 0.471. The molecule has 0 saturated heterocycles. The van der Waals surface area contributed by atoms with Gasteiger partial charge < -0.3 is 10.1 Å². The number of nitrogens with one attached hydrogen (secondary N) is 1. The highest BCUT2D eigenvalue weighted by Gasteiger charge is 2.17. The summed E-state index contributed by atoms with van der Waals surface area (Å²) in [6.07, 6.45) is 1.29. The van der Waals surface area contributed by atoms with Gasteiger partial charge in [0, 0.05) is 11.9 Å². The summed E-state index contributed by atoms with van der Waals surface area (Å²) in [5, 5.41) is 15.2. The van der Waals surface area contributed by atoms with Crippen LogP contribution in [-0.2, 0) is 6.54 Å². The van der Waals surface area contributed by atoms with Crippen LogP contribution in [0.4, 0.5) is 11.4 Å². The van der Waals surface area contributed by atoms with Crippen molar-refractivity contribution in [2.24, 2.45) is 0 Å². The molecule has 0 spiro atoms. The number of rotatable bonds is 5. The van der Waals surface area contributed by atoms with Crippen LogP contribution in [0.3, 0.4) is 0 Å². The van der Waals surface area contributed by atoms with Crippen LogP contribution in [-0.4, -0.2) is 17.0 Å². The number of hydrogen-bond donors (Lipinski definition) is 1. The Hall–Kier alpha value is -3.15. The molecule has 6 heteroatoms. The van der Waals surface area contributed by atoms with Crippen molar-refractivity contribution in [3.05, 3.63) is 70.4 Å². The van der Waals surface area contributed by atoms with Crippen LogP contribution in [0.25, 0.3) is 10.9 Å². The minimum Gasteiger partial charge on any atom is -0.497 e. The van der Waals surface area contributed by atoms with Crippen LogP contribution in [0.5, 0.6) is 5.75 Å². The van der Waals surface area contributed by atoms with Crippen molar-refractivity contribution >= 4 is 22.3 Å². The molecular formula is C17H15N3O3. The van der Waals surface area contributed by atoms with Gasteiger partial charge in [0.05, 0.1) is 17.5 Å². The molecular weight excluding hydrogens is 294 g/mol. The van der Waals surface area contributed by atoms with Gasteiger partial charge in [0.25, 0.3) is 0 Å². The monoisotopic (exact) mass is 309 g/mol. The van der Waals surface area contributed by atoms with Crippen LogP contribution >= 0.6 is 0 Å². The molecule has 0 aliphatic carbocycles. The van der Waals surface area contributed by atoms with Crippen molar-refractivity contribution in [3.63, 3.8) is 0 Å². The quantitative estimate of drug-likeness (QED) is 0.573. The third-order valence-electron chi connectivity index (χ3n) is 3.58. The number of nitro groups is 1. The molecule has 0 unspecified atom stereocenters. The van der Waals surface area contributed by atoms with E-state index in [2.05, 4.69) is 10.3 Å². The lowest BCUT2D eigenvalue weighted by molar-refractivity contribution is -0.384. The Balaban J connectivity index is 1.94. The molecule has 1 heterocycles. The Morgan fingerprint density at radius 3 is 2.61 bits per heavy atom. The zero-order valence-corrected chi connectivity index (χ0v) is 12.5. The summed E-state index contributed by atoms with van der Waals surface area (Å²) in [5.41, 5.74) is 2.17.